The summed E-state index contributed by atoms with van der Waals surface area (Å²) in [6, 6.07) is -0.400. The molecule has 40 heavy (non-hydrogen) atoms. The molecule has 0 bridgehead atoms. The van der Waals surface area contributed by atoms with Crippen molar-refractivity contribution in [3.63, 3.8) is 0 Å². The van der Waals surface area contributed by atoms with E-state index in [9.17, 15) is 16.8 Å². The van der Waals surface area contributed by atoms with Crippen LogP contribution in [0.2, 0.25) is 0 Å². The van der Waals surface area contributed by atoms with E-state index in [4.69, 9.17) is 0 Å². The monoisotopic (exact) mass is 644 g/mol. The number of nitrogens with one attached hydrogen (secondary N) is 2. The van der Waals surface area contributed by atoms with Gasteiger partial charge >= 0.3 is 0 Å². The summed E-state index contributed by atoms with van der Waals surface area (Å²) in [4.78, 5) is 0. The first-order valence-electron chi connectivity index (χ1n) is 13.6. The van der Waals surface area contributed by atoms with Crippen LogP contribution in [0.4, 0.5) is 0 Å². The van der Waals surface area contributed by atoms with E-state index in [0.29, 0.717) is 0 Å². The van der Waals surface area contributed by atoms with Gasteiger partial charge in [0, 0.05) is 12.4 Å². The fraction of sp³-hybridized carbons (Fsp3) is 0.929. The standard InChI is InChI=1S/2C14H30N2O2S2/c2*1-12(2,3)11(16-20(18)14(7,8)9)10-15-19(17)13(4,5)6/h2*10-11,16H,1-9H3/b2*15-10+/t2*11-,19+,20+/m00/s1. The Kier molecular flexibility index (Phi) is 16.3. The zero-order valence-electron chi connectivity index (χ0n) is 28.5. The van der Waals surface area contributed by atoms with E-state index in [-0.39, 0.29) is 41.9 Å². The SMILES string of the molecule is CC(C)(C)[C@H](/C=N/[S@](=O)C(C)(C)C)N[S@](=O)C(C)(C)C.CC(C)(C)[C@H](/C=N/[S@](=O)C(C)(C)C)N[S@](=O)C(C)(C)C. The summed E-state index contributed by atoms with van der Waals surface area (Å²) >= 11 is 0. The van der Waals surface area contributed by atoms with E-state index < -0.39 is 43.9 Å². The second-order valence-electron chi connectivity index (χ2n) is 15.9. The molecule has 0 spiro atoms. The van der Waals surface area contributed by atoms with Crippen molar-refractivity contribution in [3.05, 3.63) is 0 Å². The van der Waals surface area contributed by atoms with Crippen LogP contribution in [0, 0.1) is 10.8 Å². The van der Waals surface area contributed by atoms with Crippen LogP contribution >= 0.6 is 0 Å². The number of rotatable bonds is 8. The first kappa shape index (κ1) is 42.0. The highest BCUT2D eigenvalue weighted by Gasteiger charge is 2.31. The van der Waals surface area contributed by atoms with Gasteiger partial charge in [0.05, 0.1) is 53.0 Å². The van der Waals surface area contributed by atoms with Gasteiger partial charge in [0.15, 0.2) is 0 Å². The molecule has 0 heterocycles. The fourth-order valence-electron chi connectivity index (χ4n) is 1.99. The third-order valence-corrected chi connectivity index (χ3v) is 11.0. The van der Waals surface area contributed by atoms with Gasteiger partial charge < -0.3 is 0 Å². The van der Waals surface area contributed by atoms with Crippen molar-refractivity contribution >= 4 is 56.4 Å². The molecule has 0 unspecified atom stereocenters. The smallest absolute Gasteiger partial charge is 0.144 e. The summed E-state index contributed by atoms with van der Waals surface area (Å²) < 4.78 is 61.4. The molecule has 6 atom stereocenters. The van der Waals surface area contributed by atoms with Crippen molar-refractivity contribution < 1.29 is 16.8 Å². The van der Waals surface area contributed by atoms with Crippen LogP contribution < -0.4 is 9.44 Å². The molecule has 0 aliphatic carbocycles. The molecule has 0 aromatic rings. The zero-order valence-corrected chi connectivity index (χ0v) is 31.7. The zero-order chi connectivity index (χ0) is 32.7. The minimum absolute atomic E-state index is 0.160. The maximum Gasteiger partial charge on any atom is 0.144 e. The second-order valence-corrected chi connectivity index (χ2v) is 23.8. The summed E-state index contributed by atoms with van der Waals surface area (Å²) in [7, 11) is -4.98. The van der Waals surface area contributed by atoms with E-state index in [1.54, 1.807) is 12.4 Å². The molecule has 8 nitrogen and oxygen atoms in total. The summed E-state index contributed by atoms with van der Waals surface area (Å²) in [6.45, 7) is 35.0. The van der Waals surface area contributed by atoms with Crippen LogP contribution in [0.1, 0.15) is 125 Å². The first-order chi connectivity index (χ1) is 17.3. The lowest BCUT2D eigenvalue weighted by Crippen LogP contribution is -2.47. The number of hydrogen-bond donors (Lipinski definition) is 2. The number of nitrogens with zero attached hydrogens (tertiary/aromatic N) is 2. The third-order valence-electron chi connectivity index (χ3n) is 5.11. The second kappa shape index (κ2) is 15.5. The molecule has 0 amide bonds. The molecule has 12 heteroatoms. The summed E-state index contributed by atoms with van der Waals surface area (Å²) in [5.41, 5.74) is -0.320. The van der Waals surface area contributed by atoms with Crippen molar-refractivity contribution in [2.24, 2.45) is 19.6 Å². The van der Waals surface area contributed by atoms with Crippen molar-refractivity contribution in [3.8, 4) is 0 Å². The molecule has 0 aliphatic heterocycles. The minimum Gasteiger partial charge on any atom is -0.242 e. The van der Waals surface area contributed by atoms with Crippen LogP contribution in [0.5, 0.6) is 0 Å². The molecule has 0 aromatic heterocycles. The lowest BCUT2D eigenvalue weighted by molar-refractivity contribution is 0.367. The Labute approximate surface area is 257 Å². The van der Waals surface area contributed by atoms with Crippen LogP contribution in [0.3, 0.4) is 0 Å². The van der Waals surface area contributed by atoms with E-state index in [2.05, 4.69) is 18.2 Å². The Morgan fingerprint density at radius 1 is 0.450 bits per heavy atom. The van der Waals surface area contributed by atoms with Gasteiger partial charge in [-0.15, -0.1) is 0 Å². The normalized spacial score (nSPS) is 19.1. The Morgan fingerprint density at radius 3 is 0.825 bits per heavy atom. The number of hydrogen-bond acceptors (Lipinski definition) is 4. The van der Waals surface area contributed by atoms with Gasteiger partial charge in [-0.05, 0) is 93.9 Å². The molecule has 0 aromatic carbocycles. The molecular formula is C28H60N4O4S4. The predicted octanol–water partition coefficient (Wildman–Crippen LogP) is 5.97. The summed E-state index contributed by atoms with van der Waals surface area (Å²) in [5.74, 6) is 0. The fourth-order valence-corrected chi connectivity index (χ4v) is 5.09. The van der Waals surface area contributed by atoms with Crippen molar-refractivity contribution in [2.75, 3.05) is 0 Å². The molecule has 2 N–H and O–H groups in total. The molecule has 0 rings (SSSR count). The largest absolute Gasteiger partial charge is 0.242 e. The molecular weight excluding hydrogens is 585 g/mol. The third kappa shape index (κ3) is 17.7. The Hall–Kier alpha value is -0.140. The Balaban J connectivity index is 0. The summed E-state index contributed by atoms with van der Waals surface area (Å²) in [6.07, 6.45) is 3.29. The topological polar surface area (TPSA) is 117 Å². The van der Waals surface area contributed by atoms with Gasteiger partial charge in [-0.2, -0.15) is 8.80 Å². The van der Waals surface area contributed by atoms with Gasteiger partial charge in [0.2, 0.25) is 0 Å². The van der Waals surface area contributed by atoms with Crippen molar-refractivity contribution in [1.29, 1.82) is 0 Å². The quantitative estimate of drug-likeness (QED) is 0.317. The van der Waals surface area contributed by atoms with Gasteiger partial charge in [0.25, 0.3) is 0 Å². The van der Waals surface area contributed by atoms with Gasteiger partial charge in [-0.3, -0.25) is 0 Å². The average Bonchev–Trinajstić information content (AvgIpc) is 2.68. The van der Waals surface area contributed by atoms with Crippen LogP contribution in [-0.4, -0.2) is 60.3 Å². The predicted molar refractivity (Wildman–Crippen MR) is 181 cm³/mol. The first-order valence-corrected chi connectivity index (χ1v) is 18.1. The highest BCUT2D eigenvalue weighted by molar-refractivity contribution is 7.85. The van der Waals surface area contributed by atoms with Crippen LogP contribution in [0.25, 0.3) is 0 Å². The minimum atomic E-state index is -1.30. The van der Waals surface area contributed by atoms with E-state index in [0.717, 1.165) is 0 Å². The van der Waals surface area contributed by atoms with Crippen LogP contribution in [0.15, 0.2) is 8.80 Å². The van der Waals surface area contributed by atoms with Gasteiger partial charge in [-0.1, -0.05) is 41.5 Å². The maximum atomic E-state index is 12.2. The molecule has 240 valence electrons. The van der Waals surface area contributed by atoms with Gasteiger partial charge in [-0.25, -0.2) is 26.3 Å². The average molecular weight is 645 g/mol. The maximum absolute atomic E-state index is 12.2. The Morgan fingerprint density at radius 2 is 0.675 bits per heavy atom. The lowest BCUT2D eigenvalue weighted by atomic mass is 9.88. The van der Waals surface area contributed by atoms with E-state index >= 15 is 0 Å². The molecule has 0 saturated heterocycles. The molecule has 0 saturated carbocycles. The highest BCUT2D eigenvalue weighted by Crippen LogP contribution is 2.23. The van der Waals surface area contributed by atoms with Gasteiger partial charge in [0.1, 0.15) is 22.0 Å². The summed E-state index contributed by atoms with van der Waals surface area (Å²) in [5, 5.41) is 0. The van der Waals surface area contributed by atoms with E-state index in [1.165, 1.54) is 0 Å². The molecule has 0 aliphatic rings. The highest BCUT2D eigenvalue weighted by atomic mass is 32.2. The Bertz CT molecular complexity index is 876. The van der Waals surface area contributed by atoms with Crippen molar-refractivity contribution in [1.82, 2.24) is 9.44 Å². The lowest BCUT2D eigenvalue weighted by Gasteiger charge is -2.30. The van der Waals surface area contributed by atoms with E-state index in [1.807, 2.05) is 125 Å². The van der Waals surface area contributed by atoms with Crippen molar-refractivity contribution in [2.45, 2.75) is 156 Å². The molecule has 0 radical (unpaired) electrons. The molecule has 0 fully saturated rings. The van der Waals surface area contributed by atoms with Crippen LogP contribution in [-0.2, 0) is 43.9 Å².